The molecular weight excluding hydrogens is 352 g/mol. The number of hydrogen-bond acceptors (Lipinski definition) is 4. The Hall–Kier alpha value is -2.97. The highest BCUT2D eigenvalue weighted by Crippen LogP contribution is 2.16. The highest BCUT2D eigenvalue weighted by Gasteiger charge is 2.07. The number of pyridine rings is 1. The number of anilines is 1. The largest absolute Gasteiger partial charge is 0.338 e. The average molecular weight is 370 g/mol. The van der Waals surface area contributed by atoms with Crippen LogP contribution in [0, 0.1) is 0 Å². The molecule has 1 aromatic heterocycles. The molecule has 4 N–H and O–H groups in total. The zero-order chi connectivity index (χ0) is 18.6. The molecule has 0 aliphatic heterocycles. The van der Waals surface area contributed by atoms with Gasteiger partial charge in [-0.15, -0.1) is 0 Å². The second kappa shape index (κ2) is 7.51. The Morgan fingerprint density at radius 1 is 1.08 bits per heavy atom. The first-order chi connectivity index (χ1) is 12.4. The molecule has 2 amide bonds. The first-order valence-corrected chi connectivity index (χ1v) is 9.48. The van der Waals surface area contributed by atoms with Crippen LogP contribution in [0.1, 0.15) is 5.56 Å². The quantitative estimate of drug-likeness (QED) is 0.639. The molecule has 0 saturated heterocycles. The summed E-state index contributed by atoms with van der Waals surface area (Å²) in [5.41, 5.74) is 2.44. The lowest BCUT2D eigenvalue weighted by molar-refractivity contribution is 0.252. The van der Waals surface area contributed by atoms with Crippen molar-refractivity contribution in [2.45, 2.75) is 11.3 Å². The third-order valence-corrected chi connectivity index (χ3v) is 4.74. The van der Waals surface area contributed by atoms with Gasteiger partial charge >= 0.3 is 6.03 Å². The Bertz CT molecular complexity index is 1030. The SMILES string of the molecule is NS(=O)(=O)c1ccc(CCNC(=O)Nc2ccc3ncccc3c2)cc1. The number of aromatic nitrogens is 1. The summed E-state index contributed by atoms with van der Waals surface area (Å²) < 4.78 is 22.4. The van der Waals surface area contributed by atoms with Crippen molar-refractivity contribution in [3.63, 3.8) is 0 Å². The fourth-order valence-corrected chi connectivity index (χ4v) is 3.01. The number of carbonyl (C=O) groups is 1. The van der Waals surface area contributed by atoms with E-state index in [1.165, 1.54) is 12.1 Å². The molecule has 8 heteroatoms. The summed E-state index contributed by atoms with van der Waals surface area (Å²) in [5.74, 6) is 0. The van der Waals surface area contributed by atoms with Crippen molar-refractivity contribution in [1.29, 1.82) is 0 Å². The molecule has 134 valence electrons. The lowest BCUT2D eigenvalue weighted by Gasteiger charge is -2.09. The van der Waals surface area contributed by atoms with E-state index in [2.05, 4.69) is 15.6 Å². The smallest absolute Gasteiger partial charge is 0.319 e. The predicted octanol–water partition coefficient (Wildman–Crippen LogP) is 2.25. The Morgan fingerprint density at radius 3 is 2.58 bits per heavy atom. The number of fused-ring (bicyclic) bond motifs is 1. The van der Waals surface area contributed by atoms with Gasteiger partial charge in [0.1, 0.15) is 0 Å². The van der Waals surface area contributed by atoms with Gasteiger partial charge in [0.25, 0.3) is 0 Å². The molecule has 2 aromatic carbocycles. The summed E-state index contributed by atoms with van der Waals surface area (Å²) in [6.07, 6.45) is 2.29. The highest BCUT2D eigenvalue weighted by atomic mass is 32.2. The van der Waals surface area contributed by atoms with Gasteiger partial charge in [0.15, 0.2) is 0 Å². The van der Waals surface area contributed by atoms with E-state index in [4.69, 9.17) is 5.14 Å². The zero-order valence-electron chi connectivity index (χ0n) is 13.8. The number of nitrogens with two attached hydrogens (primary N) is 1. The van der Waals surface area contributed by atoms with Crippen LogP contribution >= 0.6 is 0 Å². The molecule has 0 spiro atoms. The minimum absolute atomic E-state index is 0.0674. The van der Waals surface area contributed by atoms with E-state index in [1.54, 1.807) is 24.4 Å². The van der Waals surface area contributed by atoms with Crippen LogP contribution in [0.5, 0.6) is 0 Å². The van der Waals surface area contributed by atoms with Crippen LogP contribution in [-0.2, 0) is 16.4 Å². The minimum atomic E-state index is -3.69. The minimum Gasteiger partial charge on any atom is -0.338 e. The molecule has 0 radical (unpaired) electrons. The molecule has 0 aliphatic carbocycles. The molecule has 3 aromatic rings. The molecule has 0 fully saturated rings. The van der Waals surface area contributed by atoms with Crippen LogP contribution < -0.4 is 15.8 Å². The number of nitrogens with zero attached hydrogens (tertiary/aromatic N) is 1. The maximum Gasteiger partial charge on any atom is 0.319 e. The topological polar surface area (TPSA) is 114 Å². The van der Waals surface area contributed by atoms with Gasteiger partial charge in [0, 0.05) is 23.8 Å². The maximum absolute atomic E-state index is 12.0. The molecule has 0 unspecified atom stereocenters. The predicted molar refractivity (Wildman–Crippen MR) is 100 cm³/mol. The van der Waals surface area contributed by atoms with Crippen LogP contribution in [0.4, 0.5) is 10.5 Å². The van der Waals surface area contributed by atoms with Gasteiger partial charge in [-0.3, -0.25) is 4.98 Å². The number of primary sulfonamides is 1. The monoisotopic (exact) mass is 370 g/mol. The second-order valence-corrected chi connectivity index (χ2v) is 7.29. The van der Waals surface area contributed by atoms with E-state index in [1.807, 2.05) is 24.3 Å². The van der Waals surface area contributed by atoms with Gasteiger partial charge in [-0.05, 0) is 48.4 Å². The maximum atomic E-state index is 12.0. The van der Waals surface area contributed by atoms with Crippen LogP contribution in [0.15, 0.2) is 65.7 Å². The number of sulfonamides is 1. The number of hydrogen-bond donors (Lipinski definition) is 3. The van der Waals surface area contributed by atoms with Crippen molar-refractivity contribution in [2.24, 2.45) is 5.14 Å². The number of carbonyl (C=O) groups excluding carboxylic acids is 1. The molecule has 0 aliphatic rings. The van der Waals surface area contributed by atoms with Crippen molar-refractivity contribution in [3.05, 3.63) is 66.4 Å². The number of benzene rings is 2. The average Bonchev–Trinajstić information content (AvgIpc) is 2.61. The lowest BCUT2D eigenvalue weighted by atomic mass is 10.1. The number of amides is 2. The van der Waals surface area contributed by atoms with E-state index < -0.39 is 10.0 Å². The standard InChI is InChI=1S/C18H18N4O3S/c19-26(24,25)16-6-3-13(4-7-16)9-11-21-18(23)22-15-5-8-17-14(12-15)2-1-10-20-17/h1-8,10,12H,9,11H2,(H2,19,24,25)(H2,21,22,23). The van der Waals surface area contributed by atoms with Gasteiger partial charge in [-0.25, -0.2) is 18.4 Å². The fourth-order valence-electron chi connectivity index (χ4n) is 2.49. The van der Waals surface area contributed by atoms with Gasteiger partial charge in [0.05, 0.1) is 10.4 Å². The lowest BCUT2D eigenvalue weighted by Crippen LogP contribution is -2.30. The Balaban J connectivity index is 1.52. The Morgan fingerprint density at radius 2 is 1.85 bits per heavy atom. The van der Waals surface area contributed by atoms with E-state index in [9.17, 15) is 13.2 Å². The molecule has 26 heavy (non-hydrogen) atoms. The number of urea groups is 1. The highest BCUT2D eigenvalue weighted by molar-refractivity contribution is 7.89. The number of rotatable bonds is 5. The Labute approximate surface area is 151 Å². The summed E-state index contributed by atoms with van der Waals surface area (Å²) in [4.78, 5) is 16.3. The molecule has 7 nitrogen and oxygen atoms in total. The van der Waals surface area contributed by atoms with Gasteiger partial charge in [-0.2, -0.15) is 0 Å². The van der Waals surface area contributed by atoms with Gasteiger partial charge < -0.3 is 10.6 Å². The normalized spacial score (nSPS) is 11.3. The van der Waals surface area contributed by atoms with Crippen molar-refractivity contribution in [1.82, 2.24) is 10.3 Å². The van der Waals surface area contributed by atoms with Gasteiger partial charge in [0.2, 0.25) is 10.0 Å². The van der Waals surface area contributed by atoms with E-state index in [0.29, 0.717) is 18.7 Å². The van der Waals surface area contributed by atoms with E-state index in [0.717, 1.165) is 16.5 Å². The summed E-state index contributed by atoms with van der Waals surface area (Å²) >= 11 is 0. The summed E-state index contributed by atoms with van der Waals surface area (Å²) in [6, 6.07) is 15.2. The molecular formula is C18H18N4O3S. The molecule has 0 bridgehead atoms. The first-order valence-electron chi connectivity index (χ1n) is 7.93. The van der Waals surface area contributed by atoms with Crippen LogP contribution in [0.3, 0.4) is 0 Å². The molecule has 0 saturated carbocycles. The fraction of sp³-hybridized carbons (Fsp3) is 0.111. The van der Waals surface area contributed by atoms with Crippen molar-refractivity contribution < 1.29 is 13.2 Å². The zero-order valence-corrected chi connectivity index (χ0v) is 14.7. The molecule has 1 heterocycles. The third-order valence-electron chi connectivity index (χ3n) is 3.81. The van der Waals surface area contributed by atoms with Crippen LogP contribution in [-0.4, -0.2) is 26.0 Å². The van der Waals surface area contributed by atoms with Gasteiger partial charge in [-0.1, -0.05) is 18.2 Å². The second-order valence-electron chi connectivity index (χ2n) is 5.73. The Kier molecular flexibility index (Phi) is 5.15. The third kappa shape index (κ3) is 4.56. The van der Waals surface area contributed by atoms with E-state index in [-0.39, 0.29) is 10.9 Å². The summed E-state index contributed by atoms with van der Waals surface area (Å²) in [6.45, 7) is 0.412. The summed E-state index contributed by atoms with van der Waals surface area (Å²) in [7, 11) is -3.69. The van der Waals surface area contributed by atoms with Crippen LogP contribution in [0.2, 0.25) is 0 Å². The van der Waals surface area contributed by atoms with Crippen molar-refractivity contribution >= 4 is 32.6 Å². The molecule has 0 atom stereocenters. The van der Waals surface area contributed by atoms with Crippen LogP contribution in [0.25, 0.3) is 10.9 Å². The van der Waals surface area contributed by atoms with Crippen molar-refractivity contribution in [3.8, 4) is 0 Å². The summed E-state index contributed by atoms with van der Waals surface area (Å²) in [5, 5.41) is 11.5. The van der Waals surface area contributed by atoms with E-state index >= 15 is 0 Å². The number of nitrogens with one attached hydrogen (secondary N) is 2. The van der Waals surface area contributed by atoms with Crippen molar-refractivity contribution in [2.75, 3.05) is 11.9 Å². The first kappa shape index (κ1) is 17.8. The molecule has 3 rings (SSSR count).